The van der Waals surface area contributed by atoms with Gasteiger partial charge >= 0.3 is 0 Å². The van der Waals surface area contributed by atoms with Crippen molar-refractivity contribution in [2.45, 2.75) is 26.2 Å². The van der Waals surface area contributed by atoms with Crippen LogP contribution in [-0.4, -0.2) is 32.7 Å². The van der Waals surface area contributed by atoms with E-state index < -0.39 is 0 Å². The van der Waals surface area contributed by atoms with Crippen molar-refractivity contribution < 1.29 is 9.53 Å². The average Bonchev–Trinajstić information content (AvgIpc) is 2.39. The van der Waals surface area contributed by atoms with E-state index in [0.717, 1.165) is 44.1 Å². The number of nitrogens with one attached hydrogen (secondary N) is 1. The molecule has 1 saturated heterocycles. The molecule has 0 aromatic heterocycles. The van der Waals surface area contributed by atoms with E-state index in [0.29, 0.717) is 0 Å². The lowest BCUT2D eigenvalue weighted by molar-refractivity contribution is -0.105. The Morgan fingerprint density at radius 2 is 1.89 bits per heavy atom. The highest BCUT2D eigenvalue weighted by Crippen LogP contribution is 2.30. The molecule has 2 rings (SSSR count). The van der Waals surface area contributed by atoms with Gasteiger partial charge in [-0.15, -0.1) is 0 Å². The molecular formula is C15H22N2O2. The molecule has 1 aromatic rings. The van der Waals surface area contributed by atoms with Crippen molar-refractivity contribution in [3.63, 3.8) is 0 Å². The number of rotatable bonds is 3. The van der Waals surface area contributed by atoms with E-state index >= 15 is 0 Å². The van der Waals surface area contributed by atoms with Gasteiger partial charge in [0.05, 0.1) is 13.2 Å². The Balaban J connectivity index is 2.35. The first kappa shape index (κ1) is 13.9. The third-order valence-corrected chi connectivity index (χ3v) is 3.39. The summed E-state index contributed by atoms with van der Waals surface area (Å²) >= 11 is 0. The van der Waals surface area contributed by atoms with E-state index in [-0.39, 0.29) is 5.41 Å². The van der Waals surface area contributed by atoms with Crippen molar-refractivity contribution in [1.29, 1.82) is 0 Å². The largest absolute Gasteiger partial charge is 0.378 e. The van der Waals surface area contributed by atoms with Gasteiger partial charge < -0.3 is 15.0 Å². The number of anilines is 2. The fourth-order valence-corrected chi connectivity index (χ4v) is 2.20. The van der Waals surface area contributed by atoms with Crippen LogP contribution in [0.1, 0.15) is 26.3 Å². The first-order valence-corrected chi connectivity index (χ1v) is 6.69. The van der Waals surface area contributed by atoms with Crippen LogP contribution in [0.25, 0.3) is 0 Å². The molecule has 4 heteroatoms. The fraction of sp³-hybridized carbons (Fsp3) is 0.533. The van der Waals surface area contributed by atoms with Crippen molar-refractivity contribution in [1.82, 2.24) is 0 Å². The van der Waals surface area contributed by atoms with E-state index in [1.807, 2.05) is 12.1 Å². The Bertz CT molecular complexity index is 446. The van der Waals surface area contributed by atoms with Crippen LogP contribution in [0, 0.1) is 0 Å². The molecule has 0 bridgehead atoms. The smallest absolute Gasteiger partial charge is 0.211 e. The Hall–Kier alpha value is -1.55. The molecule has 0 radical (unpaired) electrons. The number of carbonyl (C=O) groups is 1. The lowest BCUT2D eigenvalue weighted by Crippen LogP contribution is -2.36. The van der Waals surface area contributed by atoms with E-state index in [9.17, 15) is 4.79 Å². The maximum atomic E-state index is 10.7. The summed E-state index contributed by atoms with van der Waals surface area (Å²) < 4.78 is 5.38. The quantitative estimate of drug-likeness (QED) is 0.850. The molecule has 1 aliphatic rings. The highest BCUT2D eigenvalue weighted by atomic mass is 16.5. The summed E-state index contributed by atoms with van der Waals surface area (Å²) in [7, 11) is 0. The van der Waals surface area contributed by atoms with Crippen LogP contribution in [-0.2, 0) is 14.9 Å². The molecule has 1 amide bonds. The molecule has 1 heterocycles. The number of hydrogen-bond donors (Lipinski definition) is 1. The summed E-state index contributed by atoms with van der Waals surface area (Å²) in [5, 5.41) is 2.76. The minimum Gasteiger partial charge on any atom is -0.378 e. The maximum Gasteiger partial charge on any atom is 0.211 e. The zero-order chi connectivity index (χ0) is 13.9. The number of benzene rings is 1. The monoisotopic (exact) mass is 262 g/mol. The number of morpholine rings is 1. The predicted molar refractivity (Wildman–Crippen MR) is 77.9 cm³/mol. The second kappa shape index (κ2) is 5.61. The van der Waals surface area contributed by atoms with Gasteiger partial charge in [-0.1, -0.05) is 20.8 Å². The first-order chi connectivity index (χ1) is 9.00. The van der Waals surface area contributed by atoms with Crippen LogP contribution in [0.15, 0.2) is 18.2 Å². The molecule has 1 aliphatic heterocycles. The lowest BCUT2D eigenvalue weighted by Gasteiger charge is -2.31. The van der Waals surface area contributed by atoms with Crippen LogP contribution in [0.2, 0.25) is 0 Å². The Morgan fingerprint density at radius 3 is 2.47 bits per heavy atom. The molecule has 0 spiro atoms. The summed E-state index contributed by atoms with van der Waals surface area (Å²) in [6.45, 7) is 9.84. The van der Waals surface area contributed by atoms with Crippen molar-refractivity contribution >= 4 is 17.8 Å². The molecule has 1 fully saturated rings. The van der Waals surface area contributed by atoms with Gasteiger partial charge in [-0.2, -0.15) is 0 Å². The molecule has 0 unspecified atom stereocenters. The molecule has 19 heavy (non-hydrogen) atoms. The van der Waals surface area contributed by atoms with Crippen LogP contribution in [0.4, 0.5) is 11.4 Å². The normalized spacial score (nSPS) is 16.3. The number of carbonyl (C=O) groups excluding carboxylic acids is 1. The second-order valence-electron chi connectivity index (χ2n) is 5.88. The minimum atomic E-state index is 0.0572. The van der Waals surface area contributed by atoms with E-state index in [1.54, 1.807) is 0 Å². The lowest BCUT2D eigenvalue weighted by atomic mass is 9.86. The minimum absolute atomic E-state index is 0.0572. The first-order valence-electron chi connectivity index (χ1n) is 6.69. The summed E-state index contributed by atoms with van der Waals surface area (Å²) in [6, 6.07) is 6.27. The third kappa shape index (κ3) is 3.47. The standard InChI is InChI=1S/C15H22N2O2/c1-15(2,3)12-8-13(16-11-18)10-14(9-12)17-4-6-19-7-5-17/h8-11H,4-7H2,1-3H3,(H,16,18). The molecule has 0 saturated carbocycles. The SMILES string of the molecule is CC(C)(C)c1cc(NC=O)cc(N2CCOCC2)c1. The Morgan fingerprint density at radius 1 is 1.21 bits per heavy atom. The predicted octanol–water partition coefficient (Wildman–Crippen LogP) is 2.39. The summed E-state index contributed by atoms with van der Waals surface area (Å²) in [5.41, 5.74) is 3.28. The highest BCUT2D eigenvalue weighted by molar-refractivity contribution is 5.74. The Labute approximate surface area is 114 Å². The second-order valence-corrected chi connectivity index (χ2v) is 5.88. The Kier molecular flexibility index (Phi) is 4.10. The van der Waals surface area contributed by atoms with Gasteiger partial charge in [0, 0.05) is 24.5 Å². The molecule has 4 nitrogen and oxygen atoms in total. The van der Waals surface area contributed by atoms with Gasteiger partial charge in [-0.25, -0.2) is 0 Å². The van der Waals surface area contributed by atoms with Gasteiger partial charge in [0.15, 0.2) is 0 Å². The molecule has 0 aliphatic carbocycles. The van der Waals surface area contributed by atoms with Crippen molar-refractivity contribution in [2.24, 2.45) is 0 Å². The number of nitrogens with zero attached hydrogens (tertiary/aromatic N) is 1. The van der Waals surface area contributed by atoms with Crippen LogP contribution in [0.5, 0.6) is 0 Å². The highest BCUT2D eigenvalue weighted by Gasteiger charge is 2.18. The number of hydrogen-bond acceptors (Lipinski definition) is 3. The van der Waals surface area contributed by atoms with E-state index in [1.165, 1.54) is 5.56 Å². The molecule has 0 atom stereocenters. The van der Waals surface area contributed by atoms with Gasteiger partial charge in [0.25, 0.3) is 0 Å². The van der Waals surface area contributed by atoms with Gasteiger partial charge in [0.2, 0.25) is 6.41 Å². The zero-order valence-corrected chi connectivity index (χ0v) is 11.9. The fourth-order valence-electron chi connectivity index (χ4n) is 2.20. The summed E-state index contributed by atoms with van der Waals surface area (Å²) in [6.07, 6.45) is 0.727. The number of amides is 1. The molecule has 1 N–H and O–H groups in total. The molecule has 104 valence electrons. The third-order valence-electron chi connectivity index (χ3n) is 3.39. The van der Waals surface area contributed by atoms with Crippen molar-refractivity contribution in [3.8, 4) is 0 Å². The van der Waals surface area contributed by atoms with Gasteiger partial charge in [0.1, 0.15) is 0 Å². The number of ether oxygens (including phenoxy) is 1. The topological polar surface area (TPSA) is 41.6 Å². The van der Waals surface area contributed by atoms with Gasteiger partial charge in [-0.05, 0) is 29.2 Å². The van der Waals surface area contributed by atoms with Crippen LogP contribution < -0.4 is 10.2 Å². The van der Waals surface area contributed by atoms with E-state index in [2.05, 4.69) is 37.1 Å². The molecular weight excluding hydrogens is 240 g/mol. The maximum absolute atomic E-state index is 10.7. The summed E-state index contributed by atoms with van der Waals surface area (Å²) in [5.74, 6) is 0. The van der Waals surface area contributed by atoms with Gasteiger partial charge in [-0.3, -0.25) is 4.79 Å². The summed E-state index contributed by atoms with van der Waals surface area (Å²) in [4.78, 5) is 13.0. The average molecular weight is 262 g/mol. The van der Waals surface area contributed by atoms with E-state index in [4.69, 9.17) is 4.74 Å². The van der Waals surface area contributed by atoms with Crippen LogP contribution in [0.3, 0.4) is 0 Å². The van der Waals surface area contributed by atoms with Crippen molar-refractivity contribution in [2.75, 3.05) is 36.5 Å². The van der Waals surface area contributed by atoms with Crippen molar-refractivity contribution in [3.05, 3.63) is 23.8 Å². The zero-order valence-electron chi connectivity index (χ0n) is 11.9. The molecule has 1 aromatic carbocycles. The van der Waals surface area contributed by atoms with Crippen LogP contribution >= 0.6 is 0 Å².